The molecule has 0 bridgehead atoms. The molecule has 0 saturated carbocycles. The highest BCUT2D eigenvalue weighted by atomic mass is 32.2. The van der Waals surface area contributed by atoms with E-state index in [2.05, 4.69) is 4.98 Å². The van der Waals surface area contributed by atoms with Crippen LogP contribution < -0.4 is 9.90 Å². The van der Waals surface area contributed by atoms with E-state index in [4.69, 9.17) is 14.3 Å². The van der Waals surface area contributed by atoms with E-state index in [0.717, 1.165) is 35.3 Å². The summed E-state index contributed by atoms with van der Waals surface area (Å²) in [6.07, 6.45) is 4.63. The van der Waals surface area contributed by atoms with Gasteiger partial charge in [0.2, 0.25) is 10.0 Å². The van der Waals surface area contributed by atoms with Crippen LogP contribution in [0.2, 0.25) is 0 Å². The minimum atomic E-state index is -3.35. The fourth-order valence-corrected chi connectivity index (χ4v) is 5.20. The molecule has 10 heteroatoms. The maximum Gasteiger partial charge on any atom is 0.514 e. The van der Waals surface area contributed by atoms with Crippen molar-refractivity contribution < 1.29 is 17.7 Å². The molecule has 0 amide bonds. The number of hydrogen-bond donors (Lipinski definition) is 0. The molecule has 1 aromatic carbocycles. The van der Waals surface area contributed by atoms with Crippen LogP contribution in [0.4, 0.5) is 5.69 Å². The SMILES string of the molecule is CC1(C)OB(c2ccc3ncn(-c4ccc5c(c4)N(S(C)(=O)=O)CCC5)c3n2)OC1(C)C. The average molecular weight is 454 g/mol. The van der Waals surface area contributed by atoms with Crippen LogP contribution in [0.3, 0.4) is 0 Å². The zero-order valence-corrected chi connectivity index (χ0v) is 19.8. The van der Waals surface area contributed by atoms with Crippen LogP contribution in [0.25, 0.3) is 16.9 Å². The summed E-state index contributed by atoms with van der Waals surface area (Å²) < 4.78 is 40.3. The molecule has 1 fully saturated rings. The standard InChI is InChI=1S/C22H27BN4O4S/c1-21(2)22(3,4)31-23(30-21)19-11-10-17-20(25-19)26(14-24-17)16-9-8-15-7-6-12-27(18(15)13-16)32(5,28)29/h8-11,13-14H,6-7,12H2,1-5H3. The zero-order valence-electron chi connectivity index (χ0n) is 19.0. The Bertz CT molecular complexity index is 1300. The van der Waals surface area contributed by atoms with Crippen molar-refractivity contribution in [1.29, 1.82) is 0 Å². The number of aromatic nitrogens is 3. The number of nitrogens with zero attached hydrogens (tertiary/aromatic N) is 4. The van der Waals surface area contributed by atoms with E-state index in [9.17, 15) is 8.42 Å². The predicted molar refractivity (Wildman–Crippen MR) is 125 cm³/mol. The Balaban J connectivity index is 1.57. The van der Waals surface area contributed by atoms with E-state index >= 15 is 0 Å². The highest BCUT2D eigenvalue weighted by Crippen LogP contribution is 2.36. The molecule has 3 aromatic rings. The van der Waals surface area contributed by atoms with E-state index in [1.165, 1.54) is 10.6 Å². The second kappa shape index (κ2) is 7.03. The second-order valence-electron chi connectivity index (χ2n) is 9.53. The van der Waals surface area contributed by atoms with Gasteiger partial charge in [-0.1, -0.05) is 6.07 Å². The summed E-state index contributed by atoms with van der Waals surface area (Å²) >= 11 is 0. The second-order valence-corrected chi connectivity index (χ2v) is 11.4. The lowest BCUT2D eigenvalue weighted by atomic mass is 9.84. The van der Waals surface area contributed by atoms with Gasteiger partial charge in [0.15, 0.2) is 5.65 Å². The van der Waals surface area contributed by atoms with Gasteiger partial charge in [-0.05, 0) is 70.4 Å². The summed E-state index contributed by atoms with van der Waals surface area (Å²) in [5, 5.41) is 0. The quantitative estimate of drug-likeness (QED) is 0.565. The van der Waals surface area contributed by atoms with Gasteiger partial charge in [-0.3, -0.25) is 8.87 Å². The Kier molecular flexibility index (Phi) is 4.71. The number of anilines is 1. The molecular formula is C22H27BN4O4S. The van der Waals surface area contributed by atoms with Crippen molar-refractivity contribution in [2.24, 2.45) is 0 Å². The van der Waals surface area contributed by atoms with Crippen molar-refractivity contribution in [3.63, 3.8) is 0 Å². The fourth-order valence-electron chi connectivity index (χ4n) is 4.22. The number of rotatable bonds is 3. The van der Waals surface area contributed by atoms with Crippen LogP contribution in [0.1, 0.15) is 39.7 Å². The summed E-state index contributed by atoms with van der Waals surface area (Å²) in [5.41, 5.74) is 3.72. The molecule has 1 saturated heterocycles. The third kappa shape index (κ3) is 3.41. The molecule has 0 atom stereocenters. The van der Waals surface area contributed by atoms with Gasteiger partial charge < -0.3 is 9.31 Å². The molecule has 2 aliphatic heterocycles. The van der Waals surface area contributed by atoms with Crippen LogP contribution in [-0.4, -0.2) is 54.1 Å². The maximum atomic E-state index is 12.3. The number of aryl methyl sites for hydroxylation is 1. The molecule has 5 rings (SSSR count). The van der Waals surface area contributed by atoms with Gasteiger partial charge in [-0.25, -0.2) is 18.4 Å². The summed E-state index contributed by atoms with van der Waals surface area (Å²) in [6.45, 7) is 8.53. The van der Waals surface area contributed by atoms with Gasteiger partial charge in [0, 0.05) is 6.54 Å². The van der Waals surface area contributed by atoms with Gasteiger partial charge >= 0.3 is 7.12 Å². The van der Waals surface area contributed by atoms with E-state index in [1.807, 2.05) is 62.6 Å². The fraction of sp³-hybridized carbons (Fsp3) is 0.455. The first kappa shape index (κ1) is 21.4. The maximum absolute atomic E-state index is 12.3. The molecule has 4 heterocycles. The van der Waals surface area contributed by atoms with E-state index < -0.39 is 28.3 Å². The molecule has 0 spiro atoms. The summed E-state index contributed by atoms with van der Waals surface area (Å²) in [7, 11) is -3.92. The van der Waals surface area contributed by atoms with Gasteiger partial charge in [0.25, 0.3) is 0 Å². The van der Waals surface area contributed by atoms with E-state index in [1.54, 1.807) is 6.33 Å². The van der Waals surface area contributed by atoms with Crippen LogP contribution >= 0.6 is 0 Å². The van der Waals surface area contributed by atoms with Crippen molar-refractivity contribution in [2.75, 3.05) is 17.1 Å². The number of sulfonamides is 1. The highest BCUT2D eigenvalue weighted by Gasteiger charge is 2.52. The largest absolute Gasteiger partial charge is 0.514 e. The Labute approximate surface area is 188 Å². The van der Waals surface area contributed by atoms with E-state index in [-0.39, 0.29) is 0 Å². The molecule has 0 aliphatic carbocycles. The van der Waals surface area contributed by atoms with Crippen LogP contribution in [0.5, 0.6) is 0 Å². The summed E-state index contributed by atoms with van der Waals surface area (Å²) in [4.78, 5) is 9.31. The highest BCUT2D eigenvalue weighted by molar-refractivity contribution is 7.92. The van der Waals surface area contributed by atoms with Crippen molar-refractivity contribution in [2.45, 2.75) is 51.7 Å². The third-order valence-electron chi connectivity index (χ3n) is 6.73. The first-order chi connectivity index (χ1) is 15.0. The molecule has 0 unspecified atom stereocenters. The Hall–Kier alpha value is -2.43. The minimum absolute atomic E-state index is 0.456. The van der Waals surface area contributed by atoms with Gasteiger partial charge in [0.05, 0.1) is 34.4 Å². The summed E-state index contributed by atoms with van der Waals surface area (Å²) in [5.74, 6) is 0. The van der Waals surface area contributed by atoms with Crippen molar-refractivity contribution in [3.05, 3.63) is 42.2 Å². The summed E-state index contributed by atoms with van der Waals surface area (Å²) in [6, 6.07) is 9.65. The Morgan fingerprint density at radius 3 is 2.47 bits per heavy atom. The molecule has 0 N–H and O–H groups in total. The third-order valence-corrected chi connectivity index (χ3v) is 7.91. The molecular weight excluding hydrogens is 427 g/mol. The molecule has 168 valence electrons. The van der Waals surface area contributed by atoms with Gasteiger partial charge in [-0.15, -0.1) is 0 Å². The number of imidazole rings is 1. The van der Waals surface area contributed by atoms with E-state index in [0.29, 0.717) is 17.8 Å². The first-order valence-electron chi connectivity index (χ1n) is 10.8. The van der Waals surface area contributed by atoms with Crippen LogP contribution in [0.15, 0.2) is 36.7 Å². The molecule has 8 nitrogen and oxygen atoms in total. The average Bonchev–Trinajstić information content (AvgIpc) is 3.23. The minimum Gasteiger partial charge on any atom is -0.398 e. The van der Waals surface area contributed by atoms with Crippen LogP contribution in [0, 0.1) is 0 Å². The smallest absolute Gasteiger partial charge is 0.398 e. The monoisotopic (exact) mass is 454 g/mol. The Morgan fingerprint density at radius 1 is 1.06 bits per heavy atom. The molecule has 32 heavy (non-hydrogen) atoms. The lowest BCUT2D eigenvalue weighted by Gasteiger charge is -2.32. The topological polar surface area (TPSA) is 86.6 Å². The number of fused-ring (bicyclic) bond motifs is 2. The predicted octanol–water partition coefficient (Wildman–Crippen LogP) is 2.43. The van der Waals surface area contributed by atoms with Crippen molar-refractivity contribution in [1.82, 2.24) is 14.5 Å². The van der Waals surface area contributed by atoms with Gasteiger partial charge in [-0.2, -0.15) is 0 Å². The molecule has 2 aromatic heterocycles. The first-order valence-corrected chi connectivity index (χ1v) is 12.6. The lowest BCUT2D eigenvalue weighted by Crippen LogP contribution is -2.41. The normalized spacial score (nSPS) is 20.0. The molecule has 2 aliphatic rings. The Morgan fingerprint density at radius 2 is 1.78 bits per heavy atom. The molecule has 0 radical (unpaired) electrons. The van der Waals surface area contributed by atoms with Crippen LogP contribution in [-0.2, 0) is 25.8 Å². The number of benzene rings is 1. The lowest BCUT2D eigenvalue weighted by molar-refractivity contribution is 0.00578. The zero-order chi connectivity index (χ0) is 22.9. The van der Waals surface area contributed by atoms with Crippen molar-refractivity contribution >= 4 is 39.6 Å². The van der Waals surface area contributed by atoms with Gasteiger partial charge in [0.1, 0.15) is 11.8 Å². The number of hydrogen-bond acceptors (Lipinski definition) is 6. The number of pyridine rings is 1. The van der Waals surface area contributed by atoms with Crippen molar-refractivity contribution in [3.8, 4) is 5.69 Å².